The van der Waals surface area contributed by atoms with E-state index in [9.17, 15) is 4.79 Å². The average molecular weight is 204 g/mol. The summed E-state index contributed by atoms with van der Waals surface area (Å²) in [6.45, 7) is 6.47. The van der Waals surface area contributed by atoms with Gasteiger partial charge in [-0.15, -0.1) is 6.58 Å². The Hall–Kier alpha value is -1.61. The molecule has 0 spiro atoms. The number of carbonyl (C=O) groups is 1. The van der Waals surface area contributed by atoms with Gasteiger partial charge in [0.2, 0.25) is 5.91 Å². The van der Waals surface area contributed by atoms with Gasteiger partial charge >= 0.3 is 0 Å². The van der Waals surface area contributed by atoms with Crippen molar-refractivity contribution in [3.05, 3.63) is 42.5 Å². The number of hydrogen-bond donors (Lipinski definition) is 2. The van der Waals surface area contributed by atoms with Crippen LogP contribution in [-0.2, 0) is 4.79 Å². The predicted molar refractivity (Wildman–Crippen MR) is 62.9 cm³/mol. The number of aryl methyl sites for hydroxylation is 1. The summed E-state index contributed by atoms with van der Waals surface area (Å²) in [4.78, 5) is 11.4. The minimum Gasteiger partial charge on any atom is -0.325 e. The summed E-state index contributed by atoms with van der Waals surface area (Å²) in [7, 11) is 0. The second-order valence-corrected chi connectivity index (χ2v) is 3.28. The van der Waals surface area contributed by atoms with E-state index in [2.05, 4.69) is 17.2 Å². The highest BCUT2D eigenvalue weighted by atomic mass is 16.1. The second-order valence-electron chi connectivity index (χ2n) is 3.28. The number of amides is 1. The molecule has 0 aliphatic rings. The first-order chi connectivity index (χ1) is 7.24. The monoisotopic (exact) mass is 204 g/mol. The standard InChI is InChI=1S/C12H16N2O/c1-3-8-13-9-12(15)14-11-7-5-4-6-10(11)2/h3-7,13H,1,8-9H2,2H3,(H,14,15). The van der Waals surface area contributed by atoms with Crippen LogP contribution in [0, 0.1) is 6.92 Å². The van der Waals surface area contributed by atoms with Gasteiger partial charge in [0, 0.05) is 12.2 Å². The van der Waals surface area contributed by atoms with Crippen LogP contribution in [0.4, 0.5) is 5.69 Å². The van der Waals surface area contributed by atoms with E-state index in [-0.39, 0.29) is 5.91 Å². The van der Waals surface area contributed by atoms with E-state index >= 15 is 0 Å². The number of rotatable bonds is 5. The van der Waals surface area contributed by atoms with Crippen molar-refractivity contribution >= 4 is 11.6 Å². The molecule has 0 aliphatic carbocycles. The van der Waals surface area contributed by atoms with Gasteiger partial charge < -0.3 is 10.6 Å². The molecule has 1 amide bonds. The predicted octanol–water partition coefficient (Wildman–Crippen LogP) is 1.71. The number of carbonyl (C=O) groups excluding carboxylic acids is 1. The molecular weight excluding hydrogens is 188 g/mol. The molecule has 2 N–H and O–H groups in total. The smallest absolute Gasteiger partial charge is 0.238 e. The lowest BCUT2D eigenvalue weighted by molar-refractivity contribution is -0.115. The van der Waals surface area contributed by atoms with E-state index in [4.69, 9.17) is 0 Å². The minimum absolute atomic E-state index is 0.0360. The average Bonchev–Trinajstić information content (AvgIpc) is 2.22. The molecule has 0 atom stereocenters. The summed E-state index contributed by atoms with van der Waals surface area (Å²) in [5, 5.41) is 5.78. The molecule has 1 aromatic carbocycles. The highest BCUT2D eigenvalue weighted by Gasteiger charge is 2.02. The normalized spacial score (nSPS) is 9.67. The molecule has 0 radical (unpaired) electrons. The molecule has 0 saturated carbocycles. The van der Waals surface area contributed by atoms with Crippen molar-refractivity contribution in [2.75, 3.05) is 18.4 Å². The van der Waals surface area contributed by atoms with Crippen LogP contribution in [0.15, 0.2) is 36.9 Å². The van der Waals surface area contributed by atoms with Gasteiger partial charge in [-0.25, -0.2) is 0 Å². The zero-order valence-electron chi connectivity index (χ0n) is 8.92. The van der Waals surface area contributed by atoms with E-state index in [1.54, 1.807) is 6.08 Å². The molecule has 0 fully saturated rings. The van der Waals surface area contributed by atoms with Crippen LogP contribution in [0.1, 0.15) is 5.56 Å². The van der Waals surface area contributed by atoms with E-state index in [0.717, 1.165) is 11.3 Å². The third-order valence-electron chi connectivity index (χ3n) is 1.99. The molecule has 3 nitrogen and oxygen atoms in total. The fraction of sp³-hybridized carbons (Fsp3) is 0.250. The number of hydrogen-bond acceptors (Lipinski definition) is 2. The maximum absolute atomic E-state index is 11.4. The van der Waals surface area contributed by atoms with Gasteiger partial charge in [0.05, 0.1) is 6.54 Å². The first-order valence-electron chi connectivity index (χ1n) is 4.91. The summed E-state index contributed by atoms with van der Waals surface area (Å²) in [5.41, 5.74) is 1.93. The lowest BCUT2D eigenvalue weighted by atomic mass is 10.2. The number of nitrogens with one attached hydrogen (secondary N) is 2. The van der Waals surface area contributed by atoms with Crippen LogP contribution in [-0.4, -0.2) is 19.0 Å². The number of benzene rings is 1. The molecule has 0 aliphatic heterocycles. The molecule has 15 heavy (non-hydrogen) atoms. The van der Waals surface area contributed by atoms with E-state index in [1.165, 1.54) is 0 Å². The van der Waals surface area contributed by atoms with Crippen molar-refractivity contribution in [2.45, 2.75) is 6.92 Å². The van der Waals surface area contributed by atoms with Crippen molar-refractivity contribution in [3.8, 4) is 0 Å². The summed E-state index contributed by atoms with van der Waals surface area (Å²) in [6.07, 6.45) is 1.72. The largest absolute Gasteiger partial charge is 0.325 e. The zero-order valence-corrected chi connectivity index (χ0v) is 8.92. The van der Waals surface area contributed by atoms with Crippen LogP contribution in [0.25, 0.3) is 0 Å². The fourth-order valence-corrected chi connectivity index (χ4v) is 1.20. The van der Waals surface area contributed by atoms with Gasteiger partial charge in [0.1, 0.15) is 0 Å². The van der Waals surface area contributed by atoms with Crippen molar-refractivity contribution in [1.82, 2.24) is 5.32 Å². The van der Waals surface area contributed by atoms with Crippen molar-refractivity contribution in [1.29, 1.82) is 0 Å². The molecule has 0 bridgehead atoms. The first-order valence-corrected chi connectivity index (χ1v) is 4.91. The Balaban J connectivity index is 2.44. The minimum atomic E-state index is -0.0360. The third kappa shape index (κ3) is 3.95. The van der Waals surface area contributed by atoms with Crippen molar-refractivity contribution in [2.24, 2.45) is 0 Å². The molecule has 80 valence electrons. The summed E-state index contributed by atoms with van der Waals surface area (Å²) in [5.74, 6) is -0.0360. The van der Waals surface area contributed by atoms with Gasteiger partial charge in [0.15, 0.2) is 0 Å². The Bertz CT molecular complexity index is 347. The van der Waals surface area contributed by atoms with Gasteiger partial charge in [-0.2, -0.15) is 0 Å². The molecule has 0 heterocycles. The van der Waals surface area contributed by atoms with Crippen LogP contribution in [0.5, 0.6) is 0 Å². The second kappa shape index (κ2) is 5.98. The SMILES string of the molecule is C=CCNCC(=O)Nc1ccccc1C. The third-order valence-corrected chi connectivity index (χ3v) is 1.99. The highest BCUT2D eigenvalue weighted by Crippen LogP contribution is 2.12. The summed E-state index contributed by atoms with van der Waals surface area (Å²) < 4.78 is 0. The lowest BCUT2D eigenvalue weighted by Gasteiger charge is -2.07. The van der Waals surface area contributed by atoms with Gasteiger partial charge in [0.25, 0.3) is 0 Å². The van der Waals surface area contributed by atoms with E-state index < -0.39 is 0 Å². The first kappa shape index (κ1) is 11.5. The molecule has 1 aromatic rings. The van der Waals surface area contributed by atoms with Crippen LogP contribution < -0.4 is 10.6 Å². The van der Waals surface area contributed by atoms with Crippen molar-refractivity contribution < 1.29 is 4.79 Å². The molecular formula is C12H16N2O. The molecule has 0 unspecified atom stereocenters. The maximum atomic E-state index is 11.4. The molecule has 1 rings (SSSR count). The summed E-state index contributed by atoms with van der Waals surface area (Å²) >= 11 is 0. The van der Waals surface area contributed by atoms with Crippen LogP contribution >= 0.6 is 0 Å². The Morgan fingerprint density at radius 1 is 1.47 bits per heavy atom. The number of anilines is 1. The molecule has 0 saturated heterocycles. The quantitative estimate of drug-likeness (QED) is 0.566. The van der Waals surface area contributed by atoms with Crippen LogP contribution in [0.2, 0.25) is 0 Å². The lowest BCUT2D eigenvalue weighted by Crippen LogP contribution is -2.28. The topological polar surface area (TPSA) is 41.1 Å². The van der Waals surface area contributed by atoms with Crippen LogP contribution in [0.3, 0.4) is 0 Å². The molecule has 3 heteroatoms. The Morgan fingerprint density at radius 2 is 2.20 bits per heavy atom. The highest BCUT2D eigenvalue weighted by molar-refractivity contribution is 5.92. The van der Waals surface area contributed by atoms with E-state index in [1.807, 2.05) is 31.2 Å². The Kier molecular flexibility index (Phi) is 4.57. The van der Waals surface area contributed by atoms with E-state index in [0.29, 0.717) is 13.1 Å². The fourth-order valence-electron chi connectivity index (χ4n) is 1.20. The van der Waals surface area contributed by atoms with Gasteiger partial charge in [-0.05, 0) is 18.6 Å². The Labute approximate surface area is 90.2 Å². The zero-order chi connectivity index (χ0) is 11.1. The van der Waals surface area contributed by atoms with Gasteiger partial charge in [-0.1, -0.05) is 24.3 Å². The summed E-state index contributed by atoms with van der Waals surface area (Å²) in [6, 6.07) is 7.70. The Morgan fingerprint density at radius 3 is 2.87 bits per heavy atom. The molecule has 0 aromatic heterocycles. The van der Waals surface area contributed by atoms with Crippen molar-refractivity contribution in [3.63, 3.8) is 0 Å². The maximum Gasteiger partial charge on any atom is 0.238 e. The number of para-hydroxylation sites is 1. The van der Waals surface area contributed by atoms with Gasteiger partial charge in [-0.3, -0.25) is 4.79 Å².